The number of nitrogens with zero attached hydrogens (tertiary/aromatic N) is 4. The third-order valence-electron chi connectivity index (χ3n) is 2.93. The highest BCUT2D eigenvalue weighted by atomic mass is 32.2. The number of nitriles is 1. The first-order chi connectivity index (χ1) is 9.42. The quantitative estimate of drug-likeness (QED) is 0.834. The molecule has 0 amide bonds. The molecular weight excluding hydrogens is 276 g/mol. The van der Waals surface area contributed by atoms with Gasteiger partial charge in [-0.2, -0.15) is 5.26 Å². The summed E-state index contributed by atoms with van der Waals surface area (Å²) < 4.78 is 22.5. The lowest BCUT2D eigenvalue weighted by molar-refractivity contribution is 0.601. The molecule has 0 aliphatic carbocycles. The van der Waals surface area contributed by atoms with Crippen molar-refractivity contribution in [1.29, 1.82) is 5.26 Å². The van der Waals surface area contributed by atoms with Gasteiger partial charge in [-0.3, -0.25) is 0 Å². The first-order valence-electron chi connectivity index (χ1n) is 5.97. The van der Waals surface area contributed by atoms with Crippen LogP contribution < -0.4 is 4.90 Å². The molecule has 0 aliphatic heterocycles. The highest BCUT2D eigenvalue weighted by molar-refractivity contribution is 7.90. The van der Waals surface area contributed by atoms with E-state index in [1.807, 2.05) is 24.3 Å². The maximum atomic E-state index is 11.3. The van der Waals surface area contributed by atoms with Crippen molar-refractivity contribution in [1.82, 2.24) is 10.2 Å². The number of hydrogen-bond donors (Lipinski definition) is 0. The SMILES string of the molecule is CN(CCS(C)(=O)=O)c1c(C#N)nnc2ccccc12. The van der Waals surface area contributed by atoms with E-state index in [4.69, 9.17) is 5.26 Å². The number of sulfone groups is 1. The van der Waals surface area contributed by atoms with Gasteiger partial charge in [-0.05, 0) is 6.07 Å². The molecule has 0 fully saturated rings. The van der Waals surface area contributed by atoms with Crippen LogP contribution in [0.1, 0.15) is 5.69 Å². The number of benzene rings is 1. The highest BCUT2D eigenvalue weighted by Crippen LogP contribution is 2.26. The number of hydrogen-bond acceptors (Lipinski definition) is 6. The fraction of sp³-hybridized carbons (Fsp3) is 0.308. The minimum absolute atomic E-state index is 0.0189. The molecule has 0 spiro atoms. The summed E-state index contributed by atoms with van der Waals surface area (Å²) in [7, 11) is -1.32. The molecular formula is C13H14N4O2S. The predicted octanol–water partition coefficient (Wildman–Crippen LogP) is 0.982. The van der Waals surface area contributed by atoms with Crippen LogP contribution in [0.4, 0.5) is 5.69 Å². The molecule has 20 heavy (non-hydrogen) atoms. The van der Waals surface area contributed by atoms with Crippen LogP contribution in [0.5, 0.6) is 0 Å². The third-order valence-corrected chi connectivity index (χ3v) is 3.85. The van der Waals surface area contributed by atoms with Crippen molar-refractivity contribution in [2.45, 2.75) is 0 Å². The molecule has 1 heterocycles. The Kier molecular flexibility index (Phi) is 3.86. The van der Waals surface area contributed by atoms with Gasteiger partial charge in [-0.15, -0.1) is 10.2 Å². The van der Waals surface area contributed by atoms with E-state index < -0.39 is 9.84 Å². The van der Waals surface area contributed by atoms with Crippen LogP contribution in [-0.4, -0.2) is 44.2 Å². The van der Waals surface area contributed by atoms with Gasteiger partial charge in [0.25, 0.3) is 0 Å². The van der Waals surface area contributed by atoms with Gasteiger partial charge in [-0.25, -0.2) is 8.42 Å². The van der Waals surface area contributed by atoms with Gasteiger partial charge in [0.15, 0.2) is 5.69 Å². The Morgan fingerprint density at radius 3 is 2.65 bits per heavy atom. The van der Waals surface area contributed by atoms with Crippen molar-refractivity contribution in [3.63, 3.8) is 0 Å². The van der Waals surface area contributed by atoms with Crippen LogP contribution in [0.3, 0.4) is 0 Å². The molecule has 0 saturated carbocycles. The molecule has 0 radical (unpaired) electrons. The maximum Gasteiger partial charge on any atom is 0.186 e. The Bertz CT molecular complexity index is 781. The first-order valence-corrected chi connectivity index (χ1v) is 8.03. The van der Waals surface area contributed by atoms with E-state index in [0.717, 1.165) is 5.39 Å². The molecule has 2 rings (SSSR count). The van der Waals surface area contributed by atoms with Crippen LogP contribution in [0.15, 0.2) is 24.3 Å². The van der Waals surface area contributed by atoms with Crippen LogP contribution in [0.2, 0.25) is 0 Å². The zero-order chi connectivity index (χ0) is 14.8. The fourth-order valence-electron chi connectivity index (χ4n) is 1.92. The molecule has 1 aromatic carbocycles. The second-order valence-electron chi connectivity index (χ2n) is 4.58. The van der Waals surface area contributed by atoms with E-state index in [2.05, 4.69) is 10.2 Å². The van der Waals surface area contributed by atoms with Crippen molar-refractivity contribution in [3.05, 3.63) is 30.0 Å². The van der Waals surface area contributed by atoms with Crippen molar-refractivity contribution in [3.8, 4) is 6.07 Å². The maximum absolute atomic E-state index is 11.3. The molecule has 0 saturated heterocycles. The summed E-state index contributed by atoms with van der Waals surface area (Å²) in [5.74, 6) is 0.0189. The van der Waals surface area contributed by atoms with Gasteiger partial charge in [0.05, 0.1) is 17.0 Å². The summed E-state index contributed by atoms with van der Waals surface area (Å²) in [5.41, 5.74) is 1.48. The lowest BCUT2D eigenvalue weighted by atomic mass is 10.1. The van der Waals surface area contributed by atoms with Crippen molar-refractivity contribution in [2.75, 3.05) is 30.5 Å². The standard InChI is InChI=1S/C13H14N4O2S/c1-17(7-8-20(2,18)19)13-10-5-3-4-6-11(10)15-16-12(13)9-14/h3-6H,7-8H2,1-2H3. The molecule has 1 aromatic heterocycles. The fourth-order valence-corrected chi connectivity index (χ4v) is 2.52. The van der Waals surface area contributed by atoms with E-state index in [0.29, 0.717) is 17.7 Å². The lowest BCUT2D eigenvalue weighted by Crippen LogP contribution is -2.26. The third kappa shape index (κ3) is 3.03. The Morgan fingerprint density at radius 1 is 1.30 bits per heavy atom. The predicted molar refractivity (Wildman–Crippen MR) is 77.2 cm³/mol. The topological polar surface area (TPSA) is 87.0 Å². The molecule has 0 unspecified atom stereocenters. The minimum Gasteiger partial charge on any atom is -0.371 e. The Labute approximate surface area is 117 Å². The molecule has 7 heteroatoms. The largest absolute Gasteiger partial charge is 0.371 e. The van der Waals surface area contributed by atoms with E-state index in [-0.39, 0.29) is 11.4 Å². The second-order valence-corrected chi connectivity index (χ2v) is 6.84. The van der Waals surface area contributed by atoms with Gasteiger partial charge in [0.1, 0.15) is 15.9 Å². The monoisotopic (exact) mass is 290 g/mol. The van der Waals surface area contributed by atoms with Crippen molar-refractivity contribution in [2.24, 2.45) is 0 Å². The summed E-state index contributed by atoms with van der Waals surface area (Å²) in [5, 5.41) is 17.8. The van der Waals surface area contributed by atoms with Gasteiger partial charge < -0.3 is 4.90 Å². The Balaban J connectivity index is 2.48. The summed E-state index contributed by atoms with van der Waals surface area (Å²) in [6.07, 6.45) is 1.19. The van der Waals surface area contributed by atoms with E-state index in [1.165, 1.54) is 6.26 Å². The highest BCUT2D eigenvalue weighted by Gasteiger charge is 2.15. The molecule has 0 N–H and O–H groups in total. The number of anilines is 1. The Morgan fingerprint density at radius 2 is 2.00 bits per heavy atom. The minimum atomic E-state index is -3.06. The molecule has 104 valence electrons. The molecule has 0 atom stereocenters. The lowest BCUT2D eigenvalue weighted by Gasteiger charge is -2.20. The summed E-state index contributed by atoms with van der Waals surface area (Å²) in [6, 6.07) is 9.33. The smallest absolute Gasteiger partial charge is 0.186 e. The molecule has 0 aliphatic rings. The first kappa shape index (κ1) is 14.2. The average molecular weight is 290 g/mol. The molecule has 2 aromatic rings. The normalized spacial score (nSPS) is 11.2. The zero-order valence-electron chi connectivity index (χ0n) is 11.2. The van der Waals surface area contributed by atoms with Crippen LogP contribution in [0, 0.1) is 11.3 Å². The molecule has 0 bridgehead atoms. The molecule has 6 nitrogen and oxygen atoms in total. The van der Waals surface area contributed by atoms with Gasteiger partial charge in [-0.1, -0.05) is 18.2 Å². The van der Waals surface area contributed by atoms with Crippen molar-refractivity contribution < 1.29 is 8.42 Å². The number of aromatic nitrogens is 2. The summed E-state index contributed by atoms with van der Waals surface area (Å²) >= 11 is 0. The van der Waals surface area contributed by atoms with Gasteiger partial charge in [0.2, 0.25) is 0 Å². The summed E-state index contributed by atoms with van der Waals surface area (Å²) in [4.78, 5) is 1.73. The van der Waals surface area contributed by atoms with Crippen LogP contribution >= 0.6 is 0 Å². The summed E-state index contributed by atoms with van der Waals surface area (Å²) in [6.45, 7) is 0.295. The number of fused-ring (bicyclic) bond motifs is 1. The van der Waals surface area contributed by atoms with E-state index in [9.17, 15) is 8.42 Å². The second kappa shape index (κ2) is 5.43. The van der Waals surface area contributed by atoms with Gasteiger partial charge >= 0.3 is 0 Å². The zero-order valence-corrected chi connectivity index (χ0v) is 12.1. The van der Waals surface area contributed by atoms with E-state index in [1.54, 1.807) is 18.0 Å². The van der Waals surface area contributed by atoms with Crippen molar-refractivity contribution >= 4 is 26.4 Å². The average Bonchev–Trinajstić information content (AvgIpc) is 2.42. The Hall–Kier alpha value is -2.20. The van der Waals surface area contributed by atoms with Crippen LogP contribution in [-0.2, 0) is 9.84 Å². The number of rotatable bonds is 4. The van der Waals surface area contributed by atoms with E-state index >= 15 is 0 Å². The van der Waals surface area contributed by atoms with Crippen LogP contribution in [0.25, 0.3) is 10.9 Å². The van der Waals surface area contributed by atoms with Gasteiger partial charge in [0, 0.05) is 25.2 Å².